The number of aliphatic hydroxyl groups excluding tert-OH is 1. The zero-order valence-corrected chi connectivity index (χ0v) is 10.7. The first-order chi connectivity index (χ1) is 8.19. The molecule has 1 unspecified atom stereocenters. The van der Waals surface area contributed by atoms with Crippen molar-refractivity contribution >= 4 is 17.4 Å². The van der Waals surface area contributed by atoms with Gasteiger partial charge in [0.25, 0.3) is 0 Å². The second-order valence-corrected chi connectivity index (χ2v) is 5.01. The van der Waals surface area contributed by atoms with Crippen LogP contribution in [0.2, 0.25) is 5.15 Å². The maximum atomic E-state index is 8.78. The van der Waals surface area contributed by atoms with Crippen LogP contribution in [-0.4, -0.2) is 27.7 Å². The van der Waals surface area contributed by atoms with Gasteiger partial charge in [-0.15, -0.1) is 0 Å². The summed E-state index contributed by atoms with van der Waals surface area (Å²) in [7, 11) is 0. The Morgan fingerprint density at radius 3 is 2.94 bits per heavy atom. The lowest BCUT2D eigenvalue weighted by Crippen LogP contribution is -2.17. The van der Waals surface area contributed by atoms with Gasteiger partial charge in [0.05, 0.1) is 0 Å². The molecule has 0 aliphatic heterocycles. The van der Waals surface area contributed by atoms with Crippen molar-refractivity contribution in [3.63, 3.8) is 0 Å². The molecule has 1 atom stereocenters. The van der Waals surface area contributed by atoms with Gasteiger partial charge in [-0.3, -0.25) is 0 Å². The van der Waals surface area contributed by atoms with E-state index in [-0.39, 0.29) is 12.6 Å². The van der Waals surface area contributed by atoms with Gasteiger partial charge in [-0.25, -0.2) is 9.97 Å². The summed E-state index contributed by atoms with van der Waals surface area (Å²) in [5.74, 6) is 2.15. The number of hydrogen-bond acceptors (Lipinski definition) is 4. The van der Waals surface area contributed by atoms with Gasteiger partial charge in [-0.2, -0.15) is 0 Å². The Balaban J connectivity index is 1.99. The third-order valence-electron chi connectivity index (χ3n) is 2.84. The van der Waals surface area contributed by atoms with E-state index in [4.69, 9.17) is 16.7 Å². The molecule has 0 radical (unpaired) electrons. The average molecular weight is 256 g/mol. The fraction of sp³-hybridized carbons (Fsp3) is 0.667. The third kappa shape index (κ3) is 3.82. The third-order valence-corrected chi connectivity index (χ3v) is 3.04. The number of aromatic nitrogens is 2. The van der Waals surface area contributed by atoms with Crippen LogP contribution in [0.25, 0.3) is 0 Å². The molecule has 0 amide bonds. The Hall–Kier alpha value is -0.870. The maximum Gasteiger partial charge on any atom is 0.135 e. The fourth-order valence-corrected chi connectivity index (χ4v) is 1.95. The lowest BCUT2D eigenvalue weighted by Gasteiger charge is -2.14. The molecule has 1 aliphatic rings. The van der Waals surface area contributed by atoms with Gasteiger partial charge in [-0.05, 0) is 32.6 Å². The standard InChI is InChI=1S/C12H18ClN3O/c1-8(3-2-6-17)14-11-7-10(13)15-12(16-11)9-4-5-9/h7-9,17H,2-6H2,1H3,(H,14,15,16). The molecule has 1 saturated carbocycles. The number of nitrogens with zero attached hydrogens (tertiary/aromatic N) is 2. The number of rotatable bonds is 6. The summed E-state index contributed by atoms with van der Waals surface area (Å²) >= 11 is 5.98. The largest absolute Gasteiger partial charge is 0.396 e. The minimum absolute atomic E-state index is 0.226. The summed E-state index contributed by atoms with van der Waals surface area (Å²) in [6.45, 7) is 2.30. The molecule has 0 saturated heterocycles. The zero-order valence-electron chi connectivity index (χ0n) is 9.99. The molecular weight excluding hydrogens is 238 g/mol. The number of halogens is 1. The van der Waals surface area contributed by atoms with E-state index in [1.54, 1.807) is 6.07 Å². The number of aliphatic hydroxyl groups is 1. The first kappa shape index (κ1) is 12.6. The molecule has 0 spiro atoms. The smallest absolute Gasteiger partial charge is 0.135 e. The van der Waals surface area contributed by atoms with E-state index in [0.717, 1.165) is 24.5 Å². The molecule has 94 valence electrons. The summed E-state index contributed by atoms with van der Waals surface area (Å²) in [6, 6.07) is 2.03. The number of anilines is 1. The van der Waals surface area contributed by atoms with Crippen LogP contribution in [-0.2, 0) is 0 Å². The van der Waals surface area contributed by atoms with Crippen LogP contribution in [0.3, 0.4) is 0 Å². The molecule has 1 aliphatic carbocycles. The van der Waals surface area contributed by atoms with Crippen molar-refractivity contribution in [1.82, 2.24) is 9.97 Å². The normalized spacial score (nSPS) is 16.9. The van der Waals surface area contributed by atoms with Crippen molar-refractivity contribution in [2.24, 2.45) is 0 Å². The molecule has 1 aromatic heterocycles. The highest BCUT2D eigenvalue weighted by Gasteiger charge is 2.27. The van der Waals surface area contributed by atoms with Gasteiger partial charge in [0.15, 0.2) is 0 Å². The van der Waals surface area contributed by atoms with Gasteiger partial charge in [0, 0.05) is 24.6 Å². The van der Waals surface area contributed by atoms with Crippen LogP contribution < -0.4 is 5.32 Å². The summed E-state index contributed by atoms with van der Waals surface area (Å²) < 4.78 is 0. The Kier molecular flexibility index (Phi) is 4.18. The zero-order chi connectivity index (χ0) is 12.3. The fourth-order valence-electron chi connectivity index (χ4n) is 1.76. The Morgan fingerprint density at radius 1 is 1.53 bits per heavy atom. The molecule has 5 heteroatoms. The maximum absolute atomic E-state index is 8.78. The predicted molar refractivity (Wildman–Crippen MR) is 68.4 cm³/mol. The van der Waals surface area contributed by atoms with Gasteiger partial charge in [0.2, 0.25) is 0 Å². The molecule has 4 nitrogen and oxygen atoms in total. The summed E-state index contributed by atoms with van der Waals surface area (Å²) in [5.41, 5.74) is 0. The van der Waals surface area contributed by atoms with Crippen LogP contribution in [0, 0.1) is 0 Å². The van der Waals surface area contributed by atoms with Crippen LogP contribution >= 0.6 is 11.6 Å². The highest BCUT2D eigenvalue weighted by Crippen LogP contribution is 2.38. The minimum Gasteiger partial charge on any atom is -0.396 e. The summed E-state index contributed by atoms with van der Waals surface area (Å²) in [5, 5.41) is 12.6. The SMILES string of the molecule is CC(CCCO)Nc1cc(Cl)nc(C2CC2)n1. The number of hydrogen-bond donors (Lipinski definition) is 2. The highest BCUT2D eigenvalue weighted by atomic mass is 35.5. The molecule has 2 rings (SSSR count). The van der Waals surface area contributed by atoms with E-state index >= 15 is 0 Å². The summed E-state index contributed by atoms with van der Waals surface area (Å²) in [4.78, 5) is 8.71. The van der Waals surface area contributed by atoms with E-state index in [1.807, 2.05) is 0 Å². The van der Waals surface area contributed by atoms with Crippen molar-refractivity contribution in [3.8, 4) is 0 Å². The topological polar surface area (TPSA) is 58.0 Å². The molecule has 1 fully saturated rings. The predicted octanol–water partition coefficient (Wildman–Crippen LogP) is 2.58. The van der Waals surface area contributed by atoms with Crippen LogP contribution in [0.5, 0.6) is 0 Å². The minimum atomic E-state index is 0.226. The molecular formula is C12H18ClN3O. The Morgan fingerprint density at radius 2 is 2.29 bits per heavy atom. The van der Waals surface area contributed by atoms with Crippen LogP contribution in [0.15, 0.2) is 6.07 Å². The molecule has 1 heterocycles. The van der Waals surface area contributed by atoms with E-state index < -0.39 is 0 Å². The summed E-state index contributed by atoms with van der Waals surface area (Å²) in [6.07, 6.45) is 4.04. The molecule has 1 aromatic rings. The van der Waals surface area contributed by atoms with Gasteiger partial charge in [0.1, 0.15) is 16.8 Å². The van der Waals surface area contributed by atoms with E-state index in [0.29, 0.717) is 11.1 Å². The lowest BCUT2D eigenvalue weighted by molar-refractivity contribution is 0.282. The monoisotopic (exact) mass is 255 g/mol. The highest BCUT2D eigenvalue weighted by molar-refractivity contribution is 6.29. The van der Waals surface area contributed by atoms with Crippen LogP contribution in [0.1, 0.15) is 44.3 Å². The van der Waals surface area contributed by atoms with Crippen LogP contribution in [0.4, 0.5) is 5.82 Å². The van der Waals surface area contributed by atoms with Crippen molar-refractivity contribution in [3.05, 3.63) is 17.0 Å². The molecule has 0 bridgehead atoms. The van der Waals surface area contributed by atoms with Gasteiger partial charge in [-0.1, -0.05) is 11.6 Å². The molecule has 0 aromatic carbocycles. The second-order valence-electron chi connectivity index (χ2n) is 4.62. The van der Waals surface area contributed by atoms with E-state index in [2.05, 4.69) is 22.2 Å². The van der Waals surface area contributed by atoms with E-state index in [9.17, 15) is 0 Å². The molecule has 17 heavy (non-hydrogen) atoms. The van der Waals surface area contributed by atoms with Crippen molar-refractivity contribution < 1.29 is 5.11 Å². The van der Waals surface area contributed by atoms with E-state index in [1.165, 1.54) is 12.8 Å². The average Bonchev–Trinajstić information content (AvgIpc) is 3.09. The van der Waals surface area contributed by atoms with Crippen molar-refractivity contribution in [2.45, 2.75) is 44.6 Å². The lowest BCUT2D eigenvalue weighted by atomic mass is 10.2. The quantitative estimate of drug-likeness (QED) is 0.767. The number of nitrogens with one attached hydrogen (secondary N) is 1. The Bertz CT molecular complexity index is 382. The van der Waals surface area contributed by atoms with Crippen molar-refractivity contribution in [2.75, 3.05) is 11.9 Å². The van der Waals surface area contributed by atoms with Gasteiger partial charge < -0.3 is 10.4 Å². The van der Waals surface area contributed by atoms with Gasteiger partial charge >= 0.3 is 0 Å². The van der Waals surface area contributed by atoms with Crippen molar-refractivity contribution in [1.29, 1.82) is 0 Å². The molecule has 2 N–H and O–H groups in total. The Labute approximate surface area is 106 Å². The second kappa shape index (κ2) is 5.65. The first-order valence-electron chi connectivity index (χ1n) is 6.11. The first-order valence-corrected chi connectivity index (χ1v) is 6.48.